The Kier molecular flexibility index (Phi) is 4.78. The van der Waals surface area contributed by atoms with Gasteiger partial charge in [-0.25, -0.2) is 0 Å². The summed E-state index contributed by atoms with van der Waals surface area (Å²) < 4.78 is 0. The number of nitrogen functional groups attached to an aromatic ring is 1. The van der Waals surface area contributed by atoms with Crippen molar-refractivity contribution in [1.29, 1.82) is 0 Å². The van der Waals surface area contributed by atoms with Crippen LogP contribution in [0.15, 0.2) is 66.8 Å². The lowest BCUT2D eigenvalue weighted by Gasteiger charge is -2.12. The summed E-state index contributed by atoms with van der Waals surface area (Å²) in [5, 5.41) is 0. The summed E-state index contributed by atoms with van der Waals surface area (Å²) in [6.45, 7) is 4.19. The second kappa shape index (κ2) is 6.76. The monoisotopic (exact) mass is 263 g/mol. The average molecular weight is 263 g/mol. The Labute approximate surface area is 121 Å². The molecule has 0 fully saturated rings. The van der Waals surface area contributed by atoms with Crippen LogP contribution in [0.1, 0.15) is 25.8 Å². The highest BCUT2D eigenvalue weighted by molar-refractivity contribution is 5.87. The molecular formula is C19H21N. The Morgan fingerprint density at radius 2 is 1.85 bits per heavy atom. The Hall–Kier alpha value is -2.28. The first-order valence-corrected chi connectivity index (χ1v) is 7.04. The molecule has 2 rings (SSSR count). The van der Waals surface area contributed by atoms with Crippen LogP contribution in [0.4, 0.5) is 5.69 Å². The molecule has 0 aliphatic rings. The van der Waals surface area contributed by atoms with Crippen LogP contribution in [-0.4, -0.2) is 0 Å². The minimum Gasteiger partial charge on any atom is -0.399 e. The number of rotatable bonds is 4. The first-order valence-electron chi connectivity index (χ1n) is 7.04. The van der Waals surface area contributed by atoms with E-state index in [2.05, 4.69) is 61.5 Å². The molecule has 1 heteroatoms. The van der Waals surface area contributed by atoms with E-state index in [4.69, 9.17) is 5.73 Å². The highest BCUT2D eigenvalue weighted by Crippen LogP contribution is 2.31. The van der Waals surface area contributed by atoms with Crippen LogP contribution in [0.25, 0.3) is 16.7 Å². The molecule has 0 saturated heterocycles. The molecule has 2 aromatic carbocycles. The van der Waals surface area contributed by atoms with Crippen LogP contribution < -0.4 is 5.73 Å². The molecule has 0 aliphatic heterocycles. The van der Waals surface area contributed by atoms with Gasteiger partial charge >= 0.3 is 0 Å². The number of benzene rings is 2. The maximum Gasteiger partial charge on any atom is 0.0320 e. The van der Waals surface area contributed by atoms with E-state index in [9.17, 15) is 0 Å². The van der Waals surface area contributed by atoms with Crippen molar-refractivity contribution < 1.29 is 0 Å². The van der Waals surface area contributed by atoms with E-state index in [-0.39, 0.29) is 0 Å². The van der Waals surface area contributed by atoms with Gasteiger partial charge in [-0.2, -0.15) is 0 Å². The fraction of sp³-hybridized carbons (Fsp3) is 0.158. The first kappa shape index (κ1) is 14.1. The van der Waals surface area contributed by atoms with E-state index in [1.807, 2.05) is 19.1 Å². The summed E-state index contributed by atoms with van der Waals surface area (Å²) in [5.41, 5.74) is 11.6. The van der Waals surface area contributed by atoms with E-state index < -0.39 is 0 Å². The van der Waals surface area contributed by atoms with E-state index in [0.29, 0.717) is 0 Å². The van der Waals surface area contributed by atoms with Crippen LogP contribution in [-0.2, 0) is 0 Å². The Bertz CT molecular complexity index is 621. The van der Waals surface area contributed by atoms with Crippen molar-refractivity contribution in [3.8, 4) is 11.1 Å². The summed E-state index contributed by atoms with van der Waals surface area (Å²) >= 11 is 0. The minimum absolute atomic E-state index is 0.797. The van der Waals surface area contributed by atoms with Crippen LogP contribution in [0.3, 0.4) is 0 Å². The summed E-state index contributed by atoms with van der Waals surface area (Å²) in [5.74, 6) is 0. The van der Waals surface area contributed by atoms with Gasteiger partial charge in [-0.15, -0.1) is 0 Å². The predicted molar refractivity (Wildman–Crippen MR) is 89.4 cm³/mol. The first-order chi connectivity index (χ1) is 9.76. The van der Waals surface area contributed by atoms with Crippen LogP contribution in [0, 0.1) is 0 Å². The summed E-state index contributed by atoms with van der Waals surface area (Å²) in [7, 11) is 0. The molecule has 0 bridgehead atoms. The molecule has 0 radical (unpaired) electrons. The summed E-state index contributed by atoms with van der Waals surface area (Å²) in [4.78, 5) is 0. The van der Waals surface area contributed by atoms with E-state index >= 15 is 0 Å². The molecule has 0 unspecified atom stereocenters. The number of nitrogens with two attached hydrogens (primary N) is 1. The molecule has 0 aliphatic carbocycles. The minimum atomic E-state index is 0.797. The maximum atomic E-state index is 5.98. The zero-order chi connectivity index (χ0) is 14.4. The molecule has 102 valence electrons. The molecule has 2 N–H and O–H groups in total. The topological polar surface area (TPSA) is 26.0 Å². The number of hydrogen-bond donors (Lipinski definition) is 1. The van der Waals surface area contributed by atoms with E-state index in [0.717, 1.165) is 12.1 Å². The van der Waals surface area contributed by atoms with Crippen molar-refractivity contribution in [2.75, 3.05) is 5.73 Å². The smallest absolute Gasteiger partial charge is 0.0320 e. The van der Waals surface area contributed by atoms with Gasteiger partial charge in [-0.05, 0) is 47.7 Å². The van der Waals surface area contributed by atoms with Gasteiger partial charge in [0.25, 0.3) is 0 Å². The molecule has 1 nitrogen and oxygen atoms in total. The van der Waals surface area contributed by atoms with Crippen LogP contribution in [0.5, 0.6) is 0 Å². The van der Waals surface area contributed by atoms with Gasteiger partial charge in [0.05, 0.1) is 0 Å². The molecule has 0 aromatic heterocycles. The van der Waals surface area contributed by atoms with Crippen molar-refractivity contribution in [1.82, 2.24) is 0 Å². The molecule has 0 saturated carbocycles. The molecule has 0 spiro atoms. The zero-order valence-electron chi connectivity index (χ0n) is 12.1. The van der Waals surface area contributed by atoms with Crippen molar-refractivity contribution in [2.24, 2.45) is 0 Å². The molecule has 20 heavy (non-hydrogen) atoms. The molecule has 0 heterocycles. The lowest BCUT2D eigenvalue weighted by atomic mass is 9.93. The van der Waals surface area contributed by atoms with Gasteiger partial charge in [0.15, 0.2) is 0 Å². The fourth-order valence-corrected chi connectivity index (χ4v) is 2.34. The van der Waals surface area contributed by atoms with Crippen LogP contribution >= 0.6 is 0 Å². The Morgan fingerprint density at radius 3 is 2.50 bits per heavy atom. The SMILES string of the molecule is C/C=C\C(=C/CC)c1cc(N)ccc1-c1ccccc1. The molecule has 0 atom stereocenters. The largest absolute Gasteiger partial charge is 0.399 e. The molecular weight excluding hydrogens is 242 g/mol. The molecule has 0 amide bonds. The second-order valence-electron chi connectivity index (χ2n) is 4.74. The third-order valence-electron chi connectivity index (χ3n) is 3.21. The van der Waals surface area contributed by atoms with Crippen molar-refractivity contribution >= 4 is 11.3 Å². The number of allylic oxidation sites excluding steroid dienone is 4. The highest BCUT2D eigenvalue weighted by atomic mass is 14.5. The quantitative estimate of drug-likeness (QED) is 0.587. The number of anilines is 1. The lowest BCUT2D eigenvalue weighted by molar-refractivity contribution is 1.23. The third kappa shape index (κ3) is 3.18. The molecule has 2 aromatic rings. The van der Waals surface area contributed by atoms with E-state index in [1.54, 1.807) is 0 Å². The van der Waals surface area contributed by atoms with Gasteiger partial charge in [-0.1, -0.05) is 61.5 Å². The van der Waals surface area contributed by atoms with Crippen molar-refractivity contribution in [3.63, 3.8) is 0 Å². The van der Waals surface area contributed by atoms with Gasteiger partial charge < -0.3 is 5.73 Å². The summed E-state index contributed by atoms with van der Waals surface area (Å²) in [6.07, 6.45) is 7.45. The normalized spacial score (nSPS) is 12.0. The van der Waals surface area contributed by atoms with Gasteiger partial charge in [0.1, 0.15) is 0 Å². The lowest BCUT2D eigenvalue weighted by Crippen LogP contribution is -1.92. The Balaban J connectivity index is 2.62. The van der Waals surface area contributed by atoms with Gasteiger partial charge in [0, 0.05) is 5.69 Å². The second-order valence-corrected chi connectivity index (χ2v) is 4.74. The predicted octanol–water partition coefficient (Wildman–Crippen LogP) is 5.31. The van der Waals surface area contributed by atoms with E-state index in [1.165, 1.54) is 22.3 Å². The van der Waals surface area contributed by atoms with Gasteiger partial charge in [0.2, 0.25) is 0 Å². The Morgan fingerprint density at radius 1 is 1.10 bits per heavy atom. The van der Waals surface area contributed by atoms with Crippen molar-refractivity contribution in [2.45, 2.75) is 20.3 Å². The standard InChI is InChI=1S/C19H21N/c1-3-8-15(9-4-2)19-14-17(20)12-13-18(19)16-10-6-5-7-11-16/h3,5-14H,4,20H2,1-2H3/b8-3-,15-9+. The van der Waals surface area contributed by atoms with Crippen molar-refractivity contribution in [3.05, 3.63) is 72.3 Å². The fourth-order valence-electron chi connectivity index (χ4n) is 2.34. The zero-order valence-corrected chi connectivity index (χ0v) is 12.1. The van der Waals surface area contributed by atoms with Gasteiger partial charge in [-0.3, -0.25) is 0 Å². The number of hydrogen-bond acceptors (Lipinski definition) is 1. The maximum absolute atomic E-state index is 5.98. The third-order valence-corrected chi connectivity index (χ3v) is 3.21. The van der Waals surface area contributed by atoms with Crippen LogP contribution in [0.2, 0.25) is 0 Å². The highest BCUT2D eigenvalue weighted by Gasteiger charge is 2.08. The summed E-state index contributed by atoms with van der Waals surface area (Å²) in [6, 6.07) is 16.6. The average Bonchev–Trinajstić information content (AvgIpc) is 2.48.